The SMILES string of the molecule is O=c1cc(C(F)(F)F)c(CO)c[nH]1. The second-order valence-corrected chi connectivity index (χ2v) is 2.39. The van der Waals surface area contributed by atoms with Gasteiger partial charge in [-0.1, -0.05) is 0 Å². The molecule has 0 saturated carbocycles. The van der Waals surface area contributed by atoms with E-state index in [4.69, 9.17) is 5.11 Å². The van der Waals surface area contributed by atoms with Gasteiger partial charge in [-0.25, -0.2) is 0 Å². The van der Waals surface area contributed by atoms with Crippen LogP contribution in [0.15, 0.2) is 17.1 Å². The van der Waals surface area contributed by atoms with Gasteiger partial charge in [-0.15, -0.1) is 0 Å². The van der Waals surface area contributed by atoms with E-state index >= 15 is 0 Å². The number of aliphatic hydroxyl groups is 1. The first-order valence-electron chi connectivity index (χ1n) is 3.35. The minimum Gasteiger partial charge on any atom is -0.392 e. The van der Waals surface area contributed by atoms with Crippen molar-refractivity contribution in [3.63, 3.8) is 0 Å². The Labute approximate surface area is 70.8 Å². The number of aliphatic hydroxyl groups excluding tert-OH is 1. The van der Waals surface area contributed by atoms with Crippen molar-refractivity contribution < 1.29 is 18.3 Å². The number of hydrogen-bond acceptors (Lipinski definition) is 2. The lowest BCUT2D eigenvalue weighted by Gasteiger charge is -2.09. The zero-order chi connectivity index (χ0) is 10.1. The Hall–Kier alpha value is -1.30. The molecule has 0 saturated heterocycles. The van der Waals surface area contributed by atoms with Crippen molar-refractivity contribution in [2.24, 2.45) is 0 Å². The molecule has 0 bridgehead atoms. The highest BCUT2D eigenvalue weighted by Gasteiger charge is 2.33. The largest absolute Gasteiger partial charge is 0.417 e. The lowest BCUT2D eigenvalue weighted by atomic mass is 10.1. The summed E-state index contributed by atoms with van der Waals surface area (Å²) in [6.07, 6.45) is -3.75. The summed E-state index contributed by atoms with van der Waals surface area (Å²) in [4.78, 5) is 12.6. The van der Waals surface area contributed by atoms with Gasteiger partial charge in [0.1, 0.15) is 0 Å². The molecule has 1 heterocycles. The zero-order valence-electron chi connectivity index (χ0n) is 6.35. The van der Waals surface area contributed by atoms with Crippen molar-refractivity contribution in [1.82, 2.24) is 4.98 Å². The van der Waals surface area contributed by atoms with Crippen molar-refractivity contribution in [2.45, 2.75) is 12.8 Å². The number of pyridine rings is 1. The molecule has 2 N–H and O–H groups in total. The Bertz CT molecular complexity index is 355. The lowest BCUT2D eigenvalue weighted by Crippen LogP contribution is -2.15. The Kier molecular flexibility index (Phi) is 2.42. The first-order chi connectivity index (χ1) is 5.95. The second kappa shape index (κ2) is 3.21. The number of halogens is 3. The summed E-state index contributed by atoms with van der Waals surface area (Å²) in [5, 5.41) is 8.55. The third-order valence-corrected chi connectivity index (χ3v) is 1.49. The zero-order valence-corrected chi connectivity index (χ0v) is 6.35. The first-order valence-corrected chi connectivity index (χ1v) is 3.35. The van der Waals surface area contributed by atoms with E-state index in [0.29, 0.717) is 6.07 Å². The number of aromatic nitrogens is 1. The number of H-pyrrole nitrogens is 1. The summed E-state index contributed by atoms with van der Waals surface area (Å²) in [5.74, 6) is 0. The van der Waals surface area contributed by atoms with E-state index in [-0.39, 0.29) is 5.56 Å². The molecule has 0 amide bonds. The molecule has 0 spiro atoms. The molecule has 1 rings (SSSR count). The fraction of sp³-hybridized carbons (Fsp3) is 0.286. The molecular weight excluding hydrogens is 187 g/mol. The molecule has 13 heavy (non-hydrogen) atoms. The Morgan fingerprint density at radius 2 is 2.08 bits per heavy atom. The predicted octanol–water partition coefficient (Wildman–Crippen LogP) is 0.886. The molecule has 0 aliphatic heterocycles. The lowest BCUT2D eigenvalue weighted by molar-refractivity contribution is -0.138. The van der Waals surface area contributed by atoms with E-state index in [9.17, 15) is 18.0 Å². The minimum absolute atomic E-state index is 0.341. The van der Waals surface area contributed by atoms with E-state index in [1.807, 2.05) is 4.98 Å². The van der Waals surface area contributed by atoms with E-state index in [0.717, 1.165) is 6.20 Å². The monoisotopic (exact) mass is 193 g/mol. The molecule has 0 radical (unpaired) electrons. The molecule has 0 atom stereocenters. The van der Waals surface area contributed by atoms with Crippen molar-refractivity contribution >= 4 is 0 Å². The molecule has 0 aliphatic carbocycles. The van der Waals surface area contributed by atoms with Crippen LogP contribution in [0.5, 0.6) is 0 Å². The van der Waals surface area contributed by atoms with Gasteiger partial charge in [0, 0.05) is 17.8 Å². The number of aromatic amines is 1. The van der Waals surface area contributed by atoms with Crippen LogP contribution in [0.3, 0.4) is 0 Å². The van der Waals surface area contributed by atoms with Crippen molar-refractivity contribution in [3.8, 4) is 0 Å². The van der Waals surface area contributed by atoms with E-state index in [1.165, 1.54) is 0 Å². The van der Waals surface area contributed by atoms with Gasteiger partial charge in [0.25, 0.3) is 0 Å². The third-order valence-electron chi connectivity index (χ3n) is 1.49. The first kappa shape index (κ1) is 9.79. The Morgan fingerprint density at radius 1 is 1.46 bits per heavy atom. The minimum atomic E-state index is -4.60. The van der Waals surface area contributed by atoms with Gasteiger partial charge in [0.05, 0.1) is 12.2 Å². The second-order valence-electron chi connectivity index (χ2n) is 2.39. The van der Waals surface area contributed by atoms with Gasteiger partial charge >= 0.3 is 6.18 Å². The topological polar surface area (TPSA) is 53.1 Å². The maximum atomic E-state index is 12.2. The van der Waals surface area contributed by atoms with Gasteiger partial charge in [-0.2, -0.15) is 13.2 Å². The summed E-state index contributed by atoms with van der Waals surface area (Å²) < 4.78 is 36.5. The van der Waals surface area contributed by atoms with Crippen LogP contribution in [0.2, 0.25) is 0 Å². The van der Waals surface area contributed by atoms with Crippen LogP contribution in [-0.2, 0) is 12.8 Å². The molecule has 0 fully saturated rings. The molecule has 3 nitrogen and oxygen atoms in total. The number of nitrogens with one attached hydrogen (secondary N) is 1. The van der Waals surface area contributed by atoms with Gasteiger partial charge in [0.2, 0.25) is 5.56 Å². The molecule has 72 valence electrons. The van der Waals surface area contributed by atoms with Gasteiger partial charge in [0.15, 0.2) is 0 Å². The average Bonchev–Trinajstić information content (AvgIpc) is 2.03. The van der Waals surface area contributed by atoms with Crippen molar-refractivity contribution in [2.75, 3.05) is 0 Å². The molecule has 0 aliphatic rings. The Balaban J connectivity index is 3.32. The number of hydrogen-bond donors (Lipinski definition) is 2. The fourth-order valence-corrected chi connectivity index (χ4v) is 0.896. The smallest absolute Gasteiger partial charge is 0.392 e. The van der Waals surface area contributed by atoms with E-state index in [1.54, 1.807) is 0 Å². The van der Waals surface area contributed by atoms with Crippen LogP contribution < -0.4 is 5.56 Å². The molecule has 0 aromatic carbocycles. The number of alkyl halides is 3. The summed E-state index contributed by atoms with van der Waals surface area (Å²) in [6.45, 7) is -0.758. The maximum absolute atomic E-state index is 12.2. The standard InChI is InChI=1S/C7H6F3NO2/c8-7(9,10)5-1-6(13)11-2-4(5)3-12/h1-2,12H,3H2,(H,11,13). The summed E-state index contributed by atoms with van der Waals surface area (Å²) >= 11 is 0. The van der Waals surface area contributed by atoms with Crippen LogP contribution in [0.25, 0.3) is 0 Å². The highest BCUT2D eigenvalue weighted by molar-refractivity contribution is 5.25. The summed E-state index contributed by atoms with van der Waals surface area (Å²) in [6, 6.07) is 0.422. The molecule has 1 aromatic heterocycles. The molecule has 1 aromatic rings. The van der Waals surface area contributed by atoms with Crippen molar-refractivity contribution in [1.29, 1.82) is 0 Å². The van der Waals surface area contributed by atoms with Crippen LogP contribution in [0, 0.1) is 0 Å². The summed E-state index contributed by atoms with van der Waals surface area (Å²) in [7, 11) is 0. The fourth-order valence-electron chi connectivity index (χ4n) is 0.896. The summed E-state index contributed by atoms with van der Waals surface area (Å²) in [5.41, 5.74) is -2.28. The van der Waals surface area contributed by atoms with E-state index < -0.39 is 23.9 Å². The third kappa shape index (κ3) is 2.09. The van der Waals surface area contributed by atoms with Gasteiger partial charge < -0.3 is 10.1 Å². The van der Waals surface area contributed by atoms with Gasteiger partial charge in [-0.3, -0.25) is 4.79 Å². The molecular formula is C7H6F3NO2. The highest BCUT2D eigenvalue weighted by Crippen LogP contribution is 2.30. The van der Waals surface area contributed by atoms with Crippen LogP contribution in [0.4, 0.5) is 13.2 Å². The quantitative estimate of drug-likeness (QED) is 0.695. The predicted molar refractivity (Wildman–Crippen MR) is 38.0 cm³/mol. The normalized spacial score (nSPS) is 11.7. The van der Waals surface area contributed by atoms with Crippen LogP contribution in [0.1, 0.15) is 11.1 Å². The number of rotatable bonds is 1. The van der Waals surface area contributed by atoms with Gasteiger partial charge in [-0.05, 0) is 0 Å². The maximum Gasteiger partial charge on any atom is 0.417 e. The highest BCUT2D eigenvalue weighted by atomic mass is 19.4. The van der Waals surface area contributed by atoms with Crippen LogP contribution >= 0.6 is 0 Å². The Morgan fingerprint density at radius 3 is 2.54 bits per heavy atom. The van der Waals surface area contributed by atoms with Crippen LogP contribution in [-0.4, -0.2) is 10.1 Å². The molecule has 6 heteroatoms. The molecule has 0 unspecified atom stereocenters. The average molecular weight is 193 g/mol. The van der Waals surface area contributed by atoms with E-state index in [2.05, 4.69) is 0 Å². The van der Waals surface area contributed by atoms with Crippen molar-refractivity contribution in [3.05, 3.63) is 33.7 Å².